The van der Waals surface area contributed by atoms with Gasteiger partial charge < -0.3 is 10.2 Å². The van der Waals surface area contributed by atoms with E-state index in [1.54, 1.807) is 35.4 Å². The van der Waals surface area contributed by atoms with Crippen LogP contribution in [0.15, 0.2) is 41.1 Å². The van der Waals surface area contributed by atoms with Crippen molar-refractivity contribution >= 4 is 23.2 Å². The molecule has 1 aliphatic heterocycles. The van der Waals surface area contributed by atoms with Crippen molar-refractivity contribution in [2.24, 2.45) is 0 Å². The molecule has 1 N–H and O–H groups in total. The standard InChI is InChI=1S/C20H23FN2O2S/c1-23(13-16-8-11-26-14-16)19(25)7-10-20(9-6-18(24)22-20)12-15-2-4-17(21)5-3-15/h2-5,8,11,14H,6-7,9-10,12-13H2,1H3,(H,22,24)/t20-/m0/s1. The topological polar surface area (TPSA) is 49.4 Å². The highest BCUT2D eigenvalue weighted by atomic mass is 32.1. The summed E-state index contributed by atoms with van der Waals surface area (Å²) in [7, 11) is 1.81. The molecule has 0 bridgehead atoms. The molecular weight excluding hydrogens is 351 g/mol. The van der Waals surface area contributed by atoms with Crippen LogP contribution in [0.25, 0.3) is 0 Å². The smallest absolute Gasteiger partial charge is 0.222 e. The molecule has 1 aromatic carbocycles. The van der Waals surface area contributed by atoms with Crippen molar-refractivity contribution in [3.8, 4) is 0 Å². The van der Waals surface area contributed by atoms with Crippen molar-refractivity contribution in [2.45, 2.75) is 44.2 Å². The van der Waals surface area contributed by atoms with Gasteiger partial charge in [0.05, 0.1) is 0 Å². The van der Waals surface area contributed by atoms with Crippen LogP contribution >= 0.6 is 11.3 Å². The summed E-state index contributed by atoms with van der Waals surface area (Å²) < 4.78 is 13.1. The molecule has 0 radical (unpaired) electrons. The van der Waals surface area contributed by atoms with Crippen LogP contribution < -0.4 is 5.32 Å². The Morgan fingerprint density at radius 1 is 1.27 bits per heavy atom. The van der Waals surface area contributed by atoms with Gasteiger partial charge in [0.2, 0.25) is 11.8 Å². The average molecular weight is 374 g/mol. The predicted molar refractivity (Wildman–Crippen MR) is 100 cm³/mol. The number of thiophene rings is 1. The summed E-state index contributed by atoms with van der Waals surface area (Å²) in [5.41, 5.74) is 1.67. The lowest BCUT2D eigenvalue weighted by molar-refractivity contribution is -0.131. The van der Waals surface area contributed by atoms with Crippen molar-refractivity contribution in [2.75, 3.05) is 7.05 Å². The van der Waals surface area contributed by atoms with Crippen molar-refractivity contribution in [1.82, 2.24) is 10.2 Å². The third kappa shape index (κ3) is 4.69. The van der Waals surface area contributed by atoms with E-state index in [1.165, 1.54) is 12.1 Å². The fraction of sp³-hybridized carbons (Fsp3) is 0.400. The molecule has 26 heavy (non-hydrogen) atoms. The summed E-state index contributed by atoms with van der Waals surface area (Å²) in [6.45, 7) is 0.597. The van der Waals surface area contributed by atoms with Gasteiger partial charge in [0.1, 0.15) is 5.82 Å². The van der Waals surface area contributed by atoms with Gasteiger partial charge in [0, 0.05) is 32.0 Å². The van der Waals surface area contributed by atoms with E-state index in [1.807, 2.05) is 16.8 Å². The van der Waals surface area contributed by atoms with Gasteiger partial charge in [0.15, 0.2) is 0 Å². The Balaban J connectivity index is 1.62. The third-order valence-corrected chi connectivity index (χ3v) is 5.67. The molecule has 4 nitrogen and oxygen atoms in total. The Bertz CT molecular complexity index is 761. The molecule has 1 atom stereocenters. The van der Waals surface area contributed by atoms with Crippen LogP contribution in [0, 0.1) is 5.82 Å². The second-order valence-electron chi connectivity index (χ2n) is 7.01. The molecule has 2 amide bonds. The van der Waals surface area contributed by atoms with Gasteiger partial charge in [-0.05, 0) is 59.3 Å². The molecular formula is C20H23FN2O2S. The van der Waals surface area contributed by atoms with Gasteiger partial charge >= 0.3 is 0 Å². The largest absolute Gasteiger partial charge is 0.350 e. The fourth-order valence-corrected chi connectivity index (χ4v) is 4.12. The minimum absolute atomic E-state index is 0.0196. The second kappa shape index (κ2) is 7.99. The second-order valence-corrected chi connectivity index (χ2v) is 7.79. The summed E-state index contributed by atoms with van der Waals surface area (Å²) in [5, 5.41) is 7.11. The molecule has 2 aromatic rings. The Hall–Kier alpha value is -2.21. The van der Waals surface area contributed by atoms with Crippen molar-refractivity contribution in [3.63, 3.8) is 0 Å². The minimum Gasteiger partial charge on any atom is -0.350 e. The van der Waals surface area contributed by atoms with Crippen LogP contribution in [0.1, 0.15) is 36.8 Å². The lowest BCUT2D eigenvalue weighted by Crippen LogP contribution is -2.44. The number of nitrogens with one attached hydrogen (secondary N) is 1. The Kier molecular flexibility index (Phi) is 5.71. The lowest BCUT2D eigenvalue weighted by atomic mass is 9.85. The van der Waals surface area contributed by atoms with E-state index in [2.05, 4.69) is 5.32 Å². The zero-order valence-electron chi connectivity index (χ0n) is 14.8. The minimum atomic E-state index is -0.423. The fourth-order valence-electron chi connectivity index (χ4n) is 3.46. The quantitative estimate of drug-likeness (QED) is 0.806. The highest BCUT2D eigenvalue weighted by molar-refractivity contribution is 7.07. The first-order valence-corrected chi connectivity index (χ1v) is 9.71. The average Bonchev–Trinajstić information content (AvgIpc) is 3.25. The summed E-state index contributed by atoms with van der Waals surface area (Å²) in [6, 6.07) is 8.36. The van der Waals surface area contributed by atoms with E-state index in [-0.39, 0.29) is 17.6 Å². The monoisotopic (exact) mass is 374 g/mol. The molecule has 1 saturated heterocycles. The van der Waals surface area contributed by atoms with Gasteiger partial charge in [-0.2, -0.15) is 11.3 Å². The van der Waals surface area contributed by atoms with Crippen LogP contribution in [0.5, 0.6) is 0 Å². The summed E-state index contributed by atoms with van der Waals surface area (Å²) in [5.74, 6) is -0.189. The first kappa shape index (κ1) is 18.6. The molecule has 1 fully saturated rings. The van der Waals surface area contributed by atoms with E-state index in [9.17, 15) is 14.0 Å². The SMILES string of the molecule is CN(Cc1ccsc1)C(=O)CC[C@]1(Cc2ccc(F)cc2)CCC(=O)N1. The van der Waals surface area contributed by atoms with Crippen molar-refractivity contribution in [3.05, 3.63) is 58.0 Å². The number of hydrogen-bond acceptors (Lipinski definition) is 3. The Morgan fingerprint density at radius 3 is 2.65 bits per heavy atom. The molecule has 1 aliphatic rings. The van der Waals surface area contributed by atoms with Crippen LogP contribution in [-0.4, -0.2) is 29.3 Å². The maximum absolute atomic E-state index is 13.1. The van der Waals surface area contributed by atoms with Crippen LogP contribution in [-0.2, 0) is 22.6 Å². The molecule has 0 saturated carbocycles. The van der Waals surface area contributed by atoms with Gasteiger partial charge in [-0.15, -0.1) is 0 Å². The third-order valence-electron chi connectivity index (χ3n) is 4.93. The number of carbonyl (C=O) groups excluding carboxylic acids is 2. The van der Waals surface area contributed by atoms with E-state index in [0.717, 1.165) is 11.1 Å². The summed E-state index contributed by atoms with van der Waals surface area (Å²) in [6.07, 6.45) is 2.75. The first-order valence-electron chi connectivity index (χ1n) is 8.76. The van der Waals surface area contributed by atoms with Gasteiger partial charge in [-0.25, -0.2) is 4.39 Å². The van der Waals surface area contributed by atoms with Crippen LogP contribution in [0.3, 0.4) is 0 Å². The first-order chi connectivity index (χ1) is 12.5. The summed E-state index contributed by atoms with van der Waals surface area (Å²) >= 11 is 1.62. The maximum atomic E-state index is 13.1. The van der Waals surface area contributed by atoms with E-state index >= 15 is 0 Å². The van der Waals surface area contributed by atoms with Gasteiger partial charge in [-0.1, -0.05) is 12.1 Å². The van der Waals surface area contributed by atoms with E-state index in [0.29, 0.717) is 38.6 Å². The molecule has 0 aliphatic carbocycles. The molecule has 2 heterocycles. The Morgan fingerprint density at radius 2 is 2.04 bits per heavy atom. The highest BCUT2D eigenvalue weighted by Gasteiger charge is 2.38. The molecule has 0 unspecified atom stereocenters. The molecule has 3 rings (SSSR count). The normalized spacial score (nSPS) is 19.4. The van der Waals surface area contributed by atoms with Crippen molar-refractivity contribution < 1.29 is 14.0 Å². The number of rotatable bonds is 7. The molecule has 0 spiro atoms. The Labute approximate surface area is 157 Å². The van der Waals surface area contributed by atoms with Gasteiger partial charge in [0.25, 0.3) is 0 Å². The maximum Gasteiger partial charge on any atom is 0.222 e. The van der Waals surface area contributed by atoms with Crippen LogP contribution in [0.4, 0.5) is 4.39 Å². The number of halogens is 1. The van der Waals surface area contributed by atoms with E-state index < -0.39 is 5.54 Å². The zero-order chi connectivity index (χ0) is 18.6. The number of amides is 2. The molecule has 138 valence electrons. The lowest BCUT2D eigenvalue weighted by Gasteiger charge is -2.30. The summed E-state index contributed by atoms with van der Waals surface area (Å²) in [4.78, 5) is 26.1. The predicted octanol–water partition coefficient (Wildman–Crippen LogP) is 3.52. The molecule has 6 heteroatoms. The number of benzene rings is 1. The number of hydrogen-bond donors (Lipinski definition) is 1. The zero-order valence-corrected chi connectivity index (χ0v) is 15.7. The van der Waals surface area contributed by atoms with Crippen LogP contribution in [0.2, 0.25) is 0 Å². The van der Waals surface area contributed by atoms with Crippen molar-refractivity contribution in [1.29, 1.82) is 0 Å². The van der Waals surface area contributed by atoms with Gasteiger partial charge in [-0.3, -0.25) is 9.59 Å². The number of carbonyl (C=O) groups is 2. The highest BCUT2D eigenvalue weighted by Crippen LogP contribution is 2.30. The van der Waals surface area contributed by atoms with E-state index in [4.69, 9.17) is 0 Å². The number of nitrogens with zero attached hydrogens (tertiary/aromatic N) is 1. The molecule has 1 aromatic heterocycles.